The van der Waals surface area contributed by atoms with Crippen molar-refractivity contribution in [3.63, 3.8) is 0 Å². The van der Waals surface area contributed by atoms with Crippen molar-refractivity contribution in [1.82, 2.24) is 10.7 Å². The van der Waals surface area contributed by atoms with Crippen molar-refractivity contribution in [3.05, 3.63) is 102 Å². The average molecular weight is 484 g/mol. The van der Waals surface area contributed by atoms with Gasteiger partial charge in [-0.2, -0.15) is 5.10 Å². The summed E-state index contributed by atoms with van der Waals surface area (Å²) in [6.07, 6.45) is 4.40. The third-order valence-electron chi connectivity index (χ3n) is 5.68. The molecule has 2 atom stereocenters. The maximum atomic E-state index is 12.7. The van der Waals surface area contributed by atoms with Crippen LogP contribution in [0.2, 0.25) is 0 Å². The number of esters is 1. The minimum atomic E-state index is -0.866. The molecular formula is C28H25N3O5. The zero-order valence-electron chi connectivity index (χ0n) is 19.6. The van der Waals surface area contributed by atoms with E-state index in [4.69, 9.17) is 9.47 Å². The molecule has 0 spiro atoms. The molecule has 1 heterocycles. The molecule has 3 aromatic rings. The van der Waals surface area contributed by atoms with Gasteiger partial charge in [0.1, 0.15) is 17.4 Å². The summed E-state index contributed by atoms with van der Waals surface area (Å²) in [6, 6.07) is 23.4. The fourth-order valence-electron chi connectivity index (χ4n) is 3.86. The van der Waals surface area contributed by atoms with Crippen molar-refractivity contribution < 1.29 is 23.9 Å². The summed E-state index contributed by atoms with van der Waals surface area (Å²) in [5.41, 5.74) is 4.80. The van der Waals surface area contributed by atoms with Crippen molar-refractivity contribution in [1.29, 1.82) is 0 Å². The number of nitrogens with one attached hydrogen (secondary N) is 2. The van der Waals surface area contributed by atoms with Crippen LogP contribution in [0.25, 0.3) is 6.08 Å². The first-order chi connectivity index (χ1) is 17.5. The number of hydrazone groups is 1. The number of ether oxygens (including phenoxy) is 2. The van der Waals surface area contributed by atoms with E-state index in [0.29, 0.717) is 17.9 Å². The van der Waals surface area contributed by atoms with Gasteiger partial charge >= 0.3 is 5.97 Å². The largest absolute Gasteiger partial charge is 0.497 e. The van der Waals surface area contributed by atoms with Crippen LogP contribution in [0, 0.1) is 5.92 Å². The lowest BCUT2D eigenvalue weighted by Crippen LogP contribution is -2.34. The van der Waals surface area contributed by atoms with Gasteiger partial charge in [-0.3, -0.25) is 9.59 Å². The number of carbonyl (C=O) groups excluding carboxylic acids is 3. The molecule has 2 N–H and O–H groups in total. The third kappa shape index (κ3) is 6.24. The van der Waals surface area contributed by atoms with E-state index in [1.807, 2.05) is 42.5 Å². The molecule has 0 radical (unpaired) electrons. The Balaban J connectivity index is 1.34. The molecule has 3 aromatic carbocycles. The molecule has 1 fully saturated rings. The zero-order valence-corrected chi connectivity index (χ0v) is 19.6. The molecule has 182 valence electrons. The zero-order chi connectivity index (χ0) is 25.3. The number of rotatable bonds is 8. The molecule has 1 aliphatic rings. The van der Waals surface area contributed by atoms with Crippen LogP contribution >= 0.6 is 0 Å². The Hall–Kier alpha value is -4.72. The smallest absolute Gasteiger partial charge is 0.336 e. The molecule has 2 amide bonds. The number of amides is 2. The number of methoxy groups -OCH3 is 1. The van der Waals surface area contributed by atoms with Crippen LogP contribution in [0.4, 0.5) is 0 Å². The number of hydrogen-bond acceptors (Lipinski definition) is 6. The highest BCUT2D eigenvalue weighted by Crippen LogP contribution is 2.29. The fourth-order valence-corrected chi connectivity index (χ4v) is 3.86. The number of nitrogens with zero attached hydrogens (tertiary/aromatic N) is 1. The molecule has 0 aromatic heterocycles. The van der Waals surface area contributed by atoms with Crippen molar-refractivity contribution >= 4 is 30.1 Å². The normalized spacial score (nSPS) is 17.2. The Morgan fingerprint density at radius 2 is 1.75 bits per heavy atom. The predicted molar refractivity (Wildman–Crippen MR) is 136 cm³/mol. The summed E-state index contributed by atoms with van der Waals surface area (Å²) in [4.78, 5) is 37.2. The quantitative estimate of drug-likeness (QED) is 0.128. The van der Waals surface area contributed by atoms with Crippen molar-refractivity contribution in [2.24, 2.45) is 11.0 Å². The topological polar surface area (TPSA) is 106 Å². The highest BCUT2D eigenvalue weighted by Gasteiger charge is 2.40. The summed E-state index contributed by atoms with van der Waals surface area (Å²) in [7, 11) is 1.59. The monoisotopic (exact) mass is 483 g/mol. The summed E-state index contributed by atoms with van der Waals surface area (Å²) in [5, 5.41) is 6.74. The van der Waals surface area contributed by atoms with E-state index in [1.54, 1.807) is 49.6 Å². The van der Waals surface area contributed by atoms with Gasteiger partial charge in [0, 0.05) is 18.5 Å². The van der Waals surface area contributed by atoms with Gasteiger partial charge in [0.2, 0.25) is 5.91 Å². The summed E-state index contributed by atoms with van der Waals surface area (Å²) < 4.78 is 10.5. The Kier molecular flexibility index (Phi) is 7.87. The van der Waals surface area contributed by atoms with Gasteiger partial charge in [-0.25, -0.2) is 10.2 Å². The Morgan fingerprint density at radius 3 is 2.50 bits per heavy atom. The predicted octanol–water partition coefficient (Wildman–Crippen LogP) is 3.29. The maximum Gasteiger partial charge on any atom is 0.336 e. The lowest BCUT2D eigenvalue weighted by molar-refractivity contribution is -0.133. The van der Waals surface area contributed by atoms with Gasteiger partial charge in [0.05, 0.1) is 13.3 Å². The van der Waals surface area contributed by atoms with E-state index in [0.717, 1.165) is 16.9 Å². The SMILES string of the molecule is COc1ccc(/C=C\C(=O)Oc2cccc(C=NNC(=O)[C@@H]3C(=O)NC[C@H]3c3ccccc3)c2)cc1. The summed E-state index contributed by atoms with van der Waals surface area (Å²) in [5.74, 6) is -1.42. The second kappa shape index (κ2) is 11.6. The third-order valence-corrected chi connectivity index (χ3v) is 5.68. The fraction of sp³-hybridized carbons (Fsp3) is 0.143. The second-order valence-corrected chi connectivity index (χ2v) is 8.07. The van der Waals surface area contributed by atoms with Gasteiger partial charge in [0.15, 0.2) is 0 Å². The van der Waals surface area contributed by atoms with Crippen LogP contribution < -0.4 is 20.2 Å². The van der Waals surface area contributed by atoms with Crippen molar-refractivity contribution in [2.75, 3.05) is 13.7 Å². The van der Waals surface area contributed by atoms with Crippen LogP contribution in [0.3, 0.4) is 0 Å². The van der Waals surface area contributed by atoms with E-state index in [-0.39, 0.29) is 11.8 Å². The van der Waals surface area contributed by atoms with Crippen molar-refractivity contribution in [3.8, 4) is 11.5 Å². The van der Waals surface area contributed by atoms with Crippen LogP contribution in [-0.4, -0.2) is 37.7 Å². The Bertz CT molecular complexity index is 1290. The molecule has 36 heavy (non-hydrogen) atoms. The number of carbonyl (C=O) groups is 3. The van der Waals surface area contributed by atoms with Crippen LogP contribution in [-0.2, 0) is 14.4 Å². The standard InChI is InChI=1S/C28H25N3O5/c1-35-22-13-10-19(11-14-22)12-15-25(32)36-23-9-5-6-20(16-23)17-30-31-28(34)26-24(18-29-27(26)33)21-7-3-2-4-8-21/h2-17,24,26H,18H2,1H3,(H,29,33)(H,31,34)/b15-12-,30-17?/t24-,26-/m0/s1. The molecule has 8 nitrogen and oxygen atoms in total. The second-order valence-electron chi connectivity index (χ2n) is 8.07. The van der Waals surface area contributed by atoms with E-state index >= 15 is 0 Å². The molecule has 8 heteroatoms. The van der Waals surface area contributed by atoms with Gasteiger partial charge < -0.3 is 14.8 Å². The molecule has 0 unspecified atom stereocenters. The summed E-state index contributed by atoms with van der Waals surface area (Å²) >= 11 is 0. The molecule has 0 aliphatic carbocycles. The molecule has 1 saturated heterocycles. The molecule has 4 rings (SSSR count). The van der Waals surface area contributed by atoms with E-state index < -0.39 is 17.8 Å². The van der Waals surface area contributed by atoms with Gasteiger partial charge in [-0.15, -0.1) is 0 Å². The minimum Gasteiger partial charge on any atom is -0.497 e. The molecule has 0 saturated carbocycles. The highest BCUT2D eigenvalue weighted by atomic mass is 16.5. The summed E-state index contributed by atoms with van der Waals surface area (Å²) in [6.45, 7) is 0.394. The first-order valence-electron chi connectivity index (χ1n) is 11.3. The first-order valence-corrected chi connectivity index (χ1v) is 11.3. The minimum absolute atomic E-state index is 0.261. The van der Waals surface area contributed by atoms with Crippen LogP contribution in [0.1, 0.15) is 22.6 Å². The van der Waals surface area contributed by atoms with Gasteiger partial charge in [-0.1, -0.05) is 54.6 Å². The highest BCUT2D eigenvalue weighted by molar-refractivity contribution is 6.03. The average Bonchev–Trinajstić information content (AvgIpc) is 3.30. The maximum absolute atomic E-state index is 12.7. The van der Waals surface area contributed by atoms with Gasteiger partial charge in [-0.05, 0) is 47.0 Å². The number of benzene rings is 3. The van der Waals surface area contributed by atoms with Crippen molar-refractivity contribution in [2.45, 2.75) is 5.92 Å². The van der Waals surface area contributed by atoms with Crippen LogP contribution in [0.5, 0.6) is 11.5 Å². The Morgan fingerprint density at radius 1 is 0.972 bits per heavy atom. The first kappa shape index (κ1) is 24.4. The van der Waals surface area contributed by atoms with Crippen LogP contribution in [0.15, 0.2) is 90.0 Å². The molecule has 0 bridgehead atoms. The lowest BCUT2D eigenvalue weighted by atomic mass is 9.88. The van der Waals surface area contributed by atoms with E-state index in [1.165, 1.54) is 12.3 Å². The lowest BCUT2D eigenvalue weighted by Gasteiger charge is -2.15. The van der Waals surface area contributed by atoms with E-state index in [9.17, 15) is 14.4 Å². The Labute approximate surface area is 208 Å². The van der Waals surface area contributed by atoms with Gasteiger partial charge in [0.25, 0.3) is 5.91 Å². The molecule has 1 aliphatic heterocycles. The van der Waals surface area contributed by atoms with E-state index in [2.05, 4.69) is 15.8 Å². The number of hydrogen-bond donors (Lipinski definition) is 2. The molecular weight excluding hydrogens is 458 g/mol.